The van der Waals surface area contributed by atoms with E-state index in [0.29, 0.717) is 18.6 Å². The Hall–Kier alpha value is -0.870. The van der Waals surface area contributed by atoms with Gasteiger partial charge in [-0.25, -0.2) is 0 Å². The van der Waals surface area contributed by atoms with Crippen LogP contribution in [-0.4, -0.2) is 27.5 Å². The summed E-state index contributed by atoms with van der Waals surface area (Å²) in [7, 11) is 0. The van der Waals surface area contributed by atoms with Gasteiger partial charge in [-0.05, 0) is 32.6 Å². The van der Waals surface area contributed by atoms with E-state index in [0.717, 1.165) is 12.8 Å². The molecule has 1 heterocycles. The Labute approximate surface area is 103 Å². The minimum absolute atomic E-state index is 0.164. The summed E-state index contributed by atoms with van der Waals surface area (Å²) in [5.41, 5.74) is 2.65. The molecule has 0 spiro atoms. The number of aliphatic hydroxyl groups excluding tert-OH is 1. The van der Waals surface area contributed by atoms with Gasteiger partial charge in [0.25, 0.3) is 0 Å². The SMILES string of the molecule is CCC(C)NC1CCCc2c1cnn2CCO. The van der Waals surface area contributed by atoms with Crippen molar-refractivity contribution >= 4 is 0 Å². The molecular formula is C13H23N3O. The Kier molecular flexibility index (Phi) is 4.18. The summed E-state index contributed by atoms with van der Waals surface area (Å²) in [4.78, 5) is 0. The molecule has 2 N–H and O–H groups in total. The van der Waals surface area contributed by atoms with Crippen molar-refractivity contribution in [1.82, 2.24) is 15.1 Å². The number of nitrogens with one attached hydrogen (secondary N) is 1. The summed E-state index contributed by atoms with van der Waals surface area (Å²) < 4.78 is 1.96. The number of aliphatic hydroxyl groups is 1. The molecule has 4 heteroatoms. The molecule has 1 aromatic rings. The van der Waals surface area contributed by atoms with Crippen molar-refractivity contribution in [3.8, 4) is 0 Å². The highest BCUT2D eigenvalue weighted by atomic mass is 16.3. The van der Waals surface area contributed by atoms with Crippen LogP contribution in [0.15, 0.2) is 6.20 Å². The van der Waals surface area contributed by atoms with Crippen LogP contribution in [-0.2, 0) is 13.0 Å². The minimum atomic E-state index is 0.164. The second kappa shape index (κ2) is 5.65. The van der Waals surface area contributed by atoms with E-state index < -0.39 is 0 Å². The van der Waals surface area contributed by atoms with E-state index in [1.54, 1.807) is 0 Å². The predicted molar refractivity (Wildman–Crippen MR) is 67.9 cm³/mol. The van der Waals surface area contributed by atoms with Crippen LogP contribution in [0.25, 0.3) is 0 Å². The maximum absolute atomic E-state index is 9.01. The van der Waals surface area contributed by atoms with Crippen molar-refractivity contribution in [2.45, 2.75) is 58.2 Å². The van der Waals surface area contributed by atoms with E-state index in [1.807, 2.05) is 10.9 Å². The zero-order valence-corrected chi connectivity index (χ0v) is 10.8. The normalized spacial score (nSPS) is 21.2. The van der Waals surface area contributed by atoms with E-state index in [-0.39, 0.29) is 6.61 Å². The van der Waals surface area contributed by atoms with Crippen LogP contribution in [0, 0.1) is 0 Å². The number of aromatic nitrogens is 2. The number of rotatable bonds is 5. The van der Waals surface area contributed by atoms with Gasteiger partial charge in [0.05, 0.1) is 19.3 Å². The fraction of sp³-hybridized carbons (Fsp3) is 0.769. The van der Waals surface area contributed by atoms with Crippen LogP contribution in [0.5, 0.6) is 0 Å². The third-order valence-corrected chi connectivity index (χ3v) is 3.67. The summed E-state index contributed by atoms with van der Waals surface area (Å²) >= 11 is 0. The van der Waals surface area contributed by atoms with Crippen LogP contribution >= 0.6 is 0 Å². The quantitative estimate of drug-likeness (QED) is 0.818. The monoisotopic (exact) mass is 237 g/mol. The third-order valence-electron chi connectivity index (χ3n) is 3.67. The molecule has 0 bridgehead atoms. The molecule has 1 aliphatic carbocycles. The highest BCUT2D eigenvalue weighted by Crippen LogP contribution is 2.30. The first-order chi connectivity index (χ1) is 8.26. The van der Waals surface area contributed by atoms with Crippen molar-refractivity contribution < 1.29 is 5.11 Å². The molecule has 1 aromatic heterocycles. The largest absolute Gasteiger partial charge is 0.394 e. The van der Waals surface area contributed by atoms with Crippen LogP contribution in [0.3, 0.4) is 0 Å². The molecular weight excluding hydrogens is 214 g/mol. The average Bonchev–Trinajstić information content (AvgIpc) is 2.74. The van der Waals surface area contributed by atoms with Crippen molar-refractivity contribution in [3.05, 3.63) is 17.5 Å². The molecule has 2 unspecified atom stereocenters. The molecule has 2 atom stereocenters. The van der Waals surface area contributed by atoms with Gasteiger partial charge in [-0.3, -0.25) is 4.68 Å². The second-order valence-corrected chi connectivity index (χ2v) is 4.91. The van der Waals surface area contributed by atoms with Gasteiger partial charge in [0.1, 0.15) is 0 Å². The van der Waals surface area contributed by atoms with Gasteiger partial charge in [-0.2, -0.15) is 5.10 Å². The number of nitrogens with zero attached hydrogens (tertiary/aromatic N) is 2. The summed E-state index contributed by atoms with van der Waals surface area (Å²) in [6.45, 7) is 5.21. The van der Waals surface area contributed by atoms with Crippen molar-refractivity contribution in [2.75, 3.05) is 6.61 Å². The summed E-state index contributed by atoms with van der Waals surface area (Å²) in [6, 6.07) is 0.994. The summed E-state index contributed by atoms with van der Waals surface area (Å²) in [5, 5.41) is 17.1. The average molecular weight is 237 g/mol. The lowest BCUT2D eigenvalue weighted by Gasteiger charge is -2.27. The third kappa shape index (κ3) is 2.69. The Morgan fingerprint density at radius 2 is 2.47 bits per heavy atom. The Bertz CT molecular complexity index is 362. The zero-order valence-electron chi connectivity index (χ0n) is 10.8. The van der Waals surface area contributed by atoms with E-state index in [1.165, 1.54) is 24.1 Å². The summed E-state index contributed by atoms with van der Waals surface area (Å²) in [5.74, 6) is 0. The van der Waals surface area contributed by atoms with E-state index in [2.05, 4.69) is 24.3 Å². The Balaban J connectivity index is 2.14. The van der Waals surface area contributed by atoms with Gasteiger partial charge >= 0.3 is 0 Å². The molecule has 17 heavy (non-hydrogen) atoms. The molecule has 0 aromatic carbocycles. The molecule has 0 radical (unpaired) electrons. The van der Waals surface area contributed by atoms with Crippen LogP contribution in [0.2, 0.25) is 0 Å². The standard InChI is InChI=1S/C13H23N3O/c1-3-10(2)15-12-5-4-6-13-11(12)9-14-16(13)7-8-17/h9-10,12,15,17H,3-8H2,1-2H3. The highest BCUT2D eigenvalue weighted by Gasteiger charge is 2.24. The first-order valence-corrected chi connectivity index (χ1v) is 6.67. The van der Waals surface area contributed by atoms with Gasteiger partial charge in [-0.1, -0.05) is 6.92 Å². The predicted octanol–water partition coefficient (Wildman–Crippen LogP) is 1.64. The second-order valence-electron chi connectivity index (χ2n) is 4.91. The smallest absolute Gasteiger partial charge is 0.0644 e. The van der Waals surface area contributed by atoms with Crippen LogP contribution in [0.4, 0.5) is 0 Å². The van der Waals surface area contributed by atoms with Crippen molar-refractivity contribution in [2.24, 2.45) is 0 Å². The Morgan fingerprint density at radius 1 is 1.65 bits per heavy atom. The molecule has 1 aliphatic rings. The number of hydrogen-bond donors (Lipinski definition) is 2. The van der Waals surface area contributed by atoms with Gasteiger partial charge in [-0.15, -0.1) is 0 Å². The first kappa shape index (κ1) is 12.6. The Morgan fingerprint density at radius 3 is 3.18 bits per heavy atom. The van der Waals surface area contributed by atoms with Crippen molar-refractivity contribution in [3.63, 3.8) is 0 Å². The van der Waals surface area contributed by atoms with Gasteiger partial charge in [0.15, 0.2) is 0 Å². The molecule has 0 saturated carbocycles. The minimum Gasteiger partial charge on any atom is -0.394 e. The maximum atomic E-state index is 9.01. The van der Waals surface area contributed by atoms with E-state index in [4.69, 9.17) is 5.11 Å². The van der Waals surface area contributed by atoms with Crippen LogP contribution in [0.1, 0.15) is 50.4 Å². The zero-order chi connectivity index (χ0) is 12.3. The maximum Gasteiger partial charge on any atom is 0.0644 e. The lowest BCUT2D eigenvalue weighted by Crippen LogP contribution is -2.32. The first-order valence-electron chi connectivity index (χ1n) is 6.67. The number of hydrogen-bond acceptors (Lipinski definition) is 3. The molecule has 4 nitrogen and oxygen atoms in total. The van der Waals surface area contributed by atoms with E-state index >= 15 is 0 Å². The molecule has 96 valence electrons. The lowest BCUT2D eigenvalue weighted by molar-refractivity contribution is 0.266. The van der Waals surface area contributed by atoms with Gasteiger partial charge in [0, 0.05) is 23.3 Å². The summed E-state index contributed by atoms with van der Waals surface area (Å²) in [6.07, 6.45) is 6.62. The van der Waals surface area contributed by atoms with Crippen molar-refractivity contribution in [1.29, 1.82) is 0 Å². The van der Waals surface area contributed by atoms with E-state index in [9.17, 15) is 0 Å². The van der Waals surface area contributed by atoms with Gasteiger partial charge in [0.2, 0.25) is 0 Å². The highest BCUT2D eigenvalue weighted by molar-refractivity contribution is 5.25. The molecule has 0 saturated heterocycles. The number of fused-ring (bicyclic) bond motifs is 1. The molecule has 0 aliphatic heterocycles. The molecule has 0 amide bonds. The van der Waals surface area contributed by atoms with Crippen LogP contribution < -0.4 is 5.32 Å². The molecule has 0 fully saturated rings. The topological polar surface area (TPSA) is 50.1 Å². The fourth-order valence-electron chi connectivity index (χ4n) is 2.54. The molecule has 2 rings (SSSR count). The van der Waals surface area contributed by atoms with Gasteiger partial charge < -0.3 is 10.4 Å². The fourth-order valence-corrected chi connectivity index (χ4v) is 2.54. The lowest BCUT2D eigenvalue weighted by atomic mass is 9.92.